The average molecular weight is 1850 g/mol. The zero-order valence-corrected chi connectivity index (χ0v) is 75.3. The van der Waals surface area contributed by atoms with Crippen LogP contribution in [0.25, 0.3) is 0 Å². The Morgan fingerprint density at radius 1 is 0.336 bits per heavy atom. The van der Waals surface area contributed by atoms with Crippen molar-refractivity contribution in [2.75, 3.05) is 218 Å². The highest BCUT2D eigenvalue weighted by molar-refractivity contribution is 5.78. The highest BCUT2D eigenvalue weighted by Gasteiger charge is 2.53. The van der Waals surface area contributed by atoms with Crippen LogP contribution in [0.15, 0.2) is 0 Å². The van der Waals surface area contributed by atoms with E-state index in [0.29, 0.717) is 0 Å². The van der Waals surface area contributed by atoms with Crippen LogP contribution in [-0.2, 0) is 200 Å². The fourth-order valence-electron chi connectivity index (χ4n) is 11.4. The molecule has 128 heavy (non-hydrogen) atoms. The van der Waals surface area contributed by atoms with Gasteiger partial charge in [-0.05, 0) is 6.92 Å². The average Bonchev–Trinajstić information content (AvgIpc) is 0.789. The molecular formula is C79H133N7O42. The fraction of sp³-hybridized carbons (Fsp3) is 0.810. The van der Waals surface area contributed by atoms with Crippen molar-refractivity contribution in [2.24, 2.45) is 5.73 Å². The molecule has 0 aromatic rings. The number of esters is 9. The third-order valence-corrected chi connectivity index (χ3v) is 16.6. The van der Waals surface area contributed by atoms with Gasteiger partial charge in [-0.2, -0.15) is 0 Å². The van der Waals surface area contributed by atoms with Crippen molar-refractivity contribution in [2.45, 2.75) is 201 Å². The molecule has 2 aliphatic heterocycles. The summed E-state index contributed by atoms with van der Waals surface area (Å²) in [4.78, 5) is 182. The normalized spacial score (nSPS) is 19.5. The molecule has 0 bridgehead atoms. The Morgan fingerprint density at radius 3 is 0.938 bits per heavy atom. The maximum Gasteiger partial charge on any atom is 0.305 e. The first-order valence-electron chi connectivity index (χ1n) is 41.6. The van der Waals surface area contributed by atoms with Crippen LogP contribution in [0.2, 0.25) is 0 Å². The molecule has 736 valence electrons. The molecule has 13 atom stereocenters. The van der Waals surface area contributed by atoms with E-state index in [1.807, 2.05) is 0 Å². The molecule has 49 nitrogen and oxygen atoms in total. The van der Waals surface area contributed by atoms with E-state index in [1.165, 1.54) is 41.5 Å². The smallest absolute Gasteiger partial charge is 0.305 e. The van der Waals surface area contributed by atoms with Gasteiger partial charge in [-0.25, -0.2) is 0 Å². The molecule has 49 heteroatoms. The van der Waals surface area contributed by atoms with Gasteiger partial charge >= 0.3 is 53.7 Å². The lowest BCUT2D eigenvalue weighted by Gasteiger charge is -2.44. The van der Waals surface area contributed by atoms with Crippen LogP contribution in [0.5, 0.6) is 0 Å². The maximum absolute atomic E-state index is 12.8. The minimum absolute atomic E-state index is 0.00228. The summed E-state index contributed by atoms with van der Waals surface area (Å²) in [6.45, 7) is 16.6. The monoisotopic (exact) mass is 1850 g/mol. The zero-order chi connectivity index (χ0) is 95.0. The highest BCUT2D eigenvalue weighted by atomic mass is 16.8. The Morgan fingerprint density at radius 2 is 0.641 bits per heavy atom. The Kier molecular flexibility index (Phi) is 62.4. The lowest BCUT2D eigenvalue weighted by Crippen LogP contribution is -2.66. The van der Waals surface area contributed by atoms with Gasteiger partial charge in [0.15, 0.2) is 49.3 Å². The first-order chi connectivity index (χ1) is 61.0. The zero-order valence-electron chi connectivity index (χ0n) is 75.3. The number of carbonyl (C=O) groups is 15. The maximum atomic E-state index is 12.8. The van der Waals surface area contributed by atoms with Gasteiger partial charge < -0.3 is 166 Å². The van der Waals surface area contributed by atoms with Gasteiger partial charge in [-0.3, -0.25) is 71.9 Å². The van der Waals surface area contributed by atoms with E-state index in [-0.39, 0.29) is 255 Å². The molecule has 0 saturated carbocycles. The molecule has 0 aromatic carbocycles. The Bertz CT molecular complexity index is 3120. The second-order valence-corrected chi connectivity index (χ2v) is 28.3. The van der Waals surface area contributed by atoms with Crippen molar-refractivity contribution in [1.82, 2.24) is 31.9 Å². The van der Waals surface area contributed by atoms with Gasteiger partial charge in [0, 0.05) is 122 Å². The molecule has 2 aliphatic rings. The molecule has 13 unspecified atom stereocenters. The van der Waals surface area contributed by atoms with Gasteiger partial charge in [0.25, 0.3) is 6.29 Å². The number of hydrogen-bond donors (Lipinski definition) is 7. The second-order valence-electron chi connectivity index (χ2n) is 28.3. The minimum atomic E-state index is -1.65. The van der Waals surface area contributed by atoms with E-state index >= 15 is 0 Å². The summed E-state index contributed by atoms with van der Waals surface area (Å²) in [5, 5.41) is 16.0. The van der Waals surface area contributed by atoms with Crippen LogP contribution < -0.4 is 37.6 Å². The molecule has 0 aliphatic carbocycles. The lowest BCUT2D eigenvalue weighted by molar-refractivity contribution is -0.279. The van der Waals surface area contributed by atoms with Gasteiger partial charge in [0.2, 0.25) is 35.4 Å². The minimum Gasteiger partial charge on any atom is -0.463 e. The summed E-state index contributed by atoms with van der Waals surface area (Å²) in [5.41, 5.74) is 5.42. The van der Waals surface area contributed by atoms with Crippen LogP contribution in [0, 0.1) is 0 Å². The standard InChI is InChI=1S/C79H133N7O42/c1-50(44-117-54(5)90)120-77(70(86-53(4)89)78(125-61(12)97)126-62(13)98)116-43-40-110-37-34-107-31-28-104-25-19-83-67(101)16-22-113-49-79(80,47-111-20-14-65(99)81-17-23-102-26-29-105-32-35-108-38-41-114-75-68(84-51(2)87)73(123-59(10)95)71(121-57(8)93)63(127-75)45-118-55(6)91)48-112-21-15-66(100)82-18-24-103-27-30-106-33-36-109-39-42-115-76-69(85-52(3)88)74(124-60(11)96)72(122-58(9)94)64(128-76)46-119-56(7)92/h50,63-64,68-78H,14-49,80H2,1-13H3,(H,81,99)(H,82,100)(H,83,101)(H,84,87)(H,85,88)(H,86,89). The summed E-state index contributed by atoms with van der Waals surface area (Å²) in [7, 11) is 0. The fourth-order valence-corrected chi connectivity index (χ4v) is 11.4. The van der Waals surface area contributed by atoms with E-state index in [0.717, 1.165) is 41.5 Å². The molecule has 8 N–H and O–H groups in total. The molecule has 6 amide bonds. The lowest BCUT2D eigenvalue weighted by atomic mass is 9.96. The molecular weight excluding hydrogens is 1720 g/mol. The predicted octanol–water partition coefficient (Wildman–Crippen LogP) is -3.98. The van der Waals surface area contributed by atoms with E-state index in [9.17, 15) is 71.9 Å². The number of nitrogens with two attached hydrogens (primary N) is 1. The van der Waals surface area contributed by atoms with Gasteiger partial charge in [-0.15, -0.1) is 0 Å². The van der Waals surface area contributed by atoms with Crippen molar-refractivity contribution in [3.63, 3.8) is 0 Å². The molecule has 2 fully saturated rings. The topological polar surface area (TPSA) is 603 Å². The predicted molar refractivity (Wildman–Crippen MR) is 431 cm³/mol. The summed E-state index contributed by atoms with van der Waals surface area (Å²) < 4.78 is 150. The third kappa shape index (κ3) is 57.4. The SMILES string of the molecule is CC(=O)NC(C(OC(C)=O)OC(C)=O)C(OCCOCCOCCOCCNC(=O)CCOCC(N)(COCCC(=O)NCCOCCOCCOCCOC1OC(COC(C)=O)C(OC(C)=O)C(OC(C)=O)C1NC(C)=O)COCCC(=O)NCCOCCOCCOCCOC1OC(COC(C)=O)C(OC(C)=O)C(OC(C)=O)C1NC(C)=O)OC(C)COC(C)=O. The van der Waals surface area contributed by atoms with Crippen LogP contribution in [0.4, 0.5) is 0 Å². The van der Waals surface area contributed by atoms with E-state index in [4.69, 9.17) is 134 Å². The number of hydrogen-bond acceptors (Lipinski definition) is 43. The van der Waals surface area contributed by atoms with Crippen molar-refractivity contribution in [3.05, 3.63) is 0 Å². The molecule has 2 heterocycles. The van der Waals surface area contributed by atoms with Crippen molar-refractivity contribution in [1.29, 1.82) is 0 Å². The first kappa shape index (κ1) is 115. The summed E-state index contributed by atoms with van der Waals surface area (Å²) in [6, 6.07) is -3.63. The Labute approximate surface area is 742 Å². The summed E-state index contributed by atoms with van der Waals surface area (Å²) in [5.74, 6) is -9.24. The quantitative estimate of drug-likeness (QED) is 0.0132. The van der Waals surface area contributed by atoms with E-state index in [2.05, 4.69) is 31.9 Å². The second kappa shape index (κ2) is 69.3. The number of amides is 6. The Balaban J connectivity index is 1.83. The van der Waals surface area contributed by atoms with Crippen molar-refractivity contribution >= 4 is 89.2 Å². The summed E-state index contributed by atoms with van der Waals surface area (Å²) >= 11 is 0. The first-order valence-corrected chi connectivity index (χ1v) is 41.6. The number of carbonyl (C=O) groups excluding carboxylic acids is 15. The van der Waals surface area contributed by atoms with Crippen LogP contribution in [0.1, 0.15) is 109 Å². The summed E-state index contributed by atoms with van der Waals surface area (Å²) in [6.07, 6.45) is -13.9. The molecule has 0 spiro atoms. The molecule has 0 aromatic heterocycles. The van der Waals surface area contributed by atoms with E-state index < -0.39 is 163 Å². The molecule has 0 radical (unpaired) electrons. The van der Waals surface area contributed by atoms with Crippen molar-refractivity contribution in [3.8, 4) is 0 Å². The molecule has 2 rings (SSSR count). The van der Waals surface area contributed by atoms with Crippen LogP contribution >= 0.6 is 0 Å². The van der Waals surface area contributed by atoms with Crippen LogP contribution in [0.3, 0.4) is 0 Å². The van der Waals surface area contributed by atoms with Gasteiger partial charge in [-0.1, -0.05) is 0 Å². The number of ether oxygens (including phenoxy) is 27. The Hall–Kier alpha value is -8.71. The molecule has 2 saturated heterocycles. The largest absolute Gasteiger partial charge is 0.463 e. The van der Waals surface area contributed by atoms with Gasteiger partial charge in [0.05, 0.1) is 190 Å². The number of nitrogens with one attached hydrogen (secondary N) is 6. The highest BCUT2D eigenvalue weighted by Crippen LogP contribution is 2.30. The van der Waals surface area contributed by atoms with Crippen LogP contribution in [-0.4, -0.2) is 399 Å². The van der Waals surface area contributed by atoms with E-state index in [1.54, 1.807) is 6.92 Å². The van der Waals surface area contributed by atoms with Crippen molar-refractivity contribution < 1.29 is 200 Å². The van der Waals surface area contributed by atoms with Gasteiger partial charge in [0.1, 0.15) is 44.1 Å². The third-order valence-electron chi connectivity index (χ3n) is 16.6. The number of rotatable bonds is 73.